The molecule has 116 valence electrons. The van der Waals surface area contributed by atoms with Gasteiger partial charge in [0.25, 0.3) is 5.91 Å². The second-order valence-electron chi connectivity index (χ2n) is 5.95. The van der Waals surface area contributed by atoms with Crippen LogP contribution >= 0.6 is 11.3 Å². The quantitative estimate of drug-likeness (QED) is 0.850. The second-order valence-corrected chi connectivity index (χ2v) is 6.76. The summed E-state index contributed by atoms with van der Waals surface area (Å²) in [6.45, 7) is 5.48. The van der Waals surface area contributed by atoms with Crippen molar-refractivity contribution in [3.8, 4) is 0 Å². The van der Waals surface area contributed by atoms with E-state index < -0.39 is 0 Å². The first-order chi connectivity index (χ1) is 10.6. The van der Waals surface area contributed by atoms with Crippen molar-refractivity contribution < 1.29 is 9.21 Å². The molecule has 2 aromatic rings. The molecular formula is C15H18N4O2S. The fourth-order valence-electron chi connectivity index (χ4n) is 3.77. The van der Waals surface area contributed by atoms with Crippen LogP contribution < -0.4 is 4.90 Å². The van der Waals surface area contributed by atoms with Gasteiger partial charge in [0.2, 0.25) is 5.13 Å². The molecule has 0 radical (unpaired) electrons. The Morgan fingerprint density at radius 1 is 1.32 bits per heavy atom. The lowest BCUT2D eigenvalue weighted by Gasteiger charge is -2.25. The van der Waals surface area contributed by atoms with Gasteiger partial charge < -0.3 is 14.2 Å². The number of rotatable bonds is 2. The molecule has 2 aliphatic heterocycles. The number of aryl methyl sites for hydroxylation is 2. The summed E-state index contributed by atoms with van der Waals surface area (Å²) in [7, 11) is 0. The van der Waals surface area contributed by atoms with E-state index in [9.17, 15) is 4.79 Å². The van der Waals surface area contributed by atoms with E-state index in [1.54, 1.807) is 16.8 Å². The lowest BCUT2D eigenvalue weighted by Crippen LogP contribution is -2.39. The first kappa shape index (κ1) is 13.8. The molecule has 0 aromatic carbocycles. The molecule has 2 aromatic heterocycles. The van der Waals surface area contributed by atoms with Crippen LogP contribution in [0.15, 0.2) is 16.0 Å². The standard InChI is InChI=1S/C15H18N4O2S/c1-9-7-11(10(2)21-9)14(20)18-5-3-13-12(18)4-6-19(13)15-17-16-8-22-15/h7-8,12-13H,3-6H2,1-2H3/t12-,13-/m0/s1. The van der Waals surface area contributed by atoms with Crippen LogP contribution in [0.4, 0.5) is 5.13 Å². The van der Waals surface area contributed by atoms with E-state index in [-0.39, 0.29) is 11.9 Å². The first-order valence-corrected chi connectivity index (χ1v) is 8.44. The number of amides is 1. The zero-order valence-electron chi connectivity index (χ0n) is 12.7. The summed E-state index contributed by atoms with van der Waals surface area (Å²) in [6, 6.07) is 2.49. The smallest absolute Gasteiger partial charge is 0.257 e. The lowest BCUT2D eigenvalue weighted by atomic mass is 10.1. The molecule has 4 heterocycles. The molecule has 2 aliphatic rings. The minimum Gasteiger partial charge on any atom is -0.466 e. The van der Waals surface area contributed by atoms with Crippen LogP contribution in [0, 0.1) is 13.8 Å². The molecule has 22 heavy (non-hydrogen) atoms. The van der Waals surface area contributed by atoms with Gasteiger partial charge in [0.05, 0.1) is 17.6 Å². The monoisotopic (exact) mass is 318 g/mol. The van der Waals surface area contributed by atoms with Crippen LogP contribution in [-0.4, -0.2) is 46.2 Å². The summed E-state index contributed by atoms with van der Waals surface area (Å²) in [6.07, 6.45) is 1.98. The van der Waals surface area contributed by atoms with Crippen molar-refractivity contribution in [2.45, 2.75) is 38.8 Å². The van der Waals surface area contributed by atoms with Crippen molar-refractivity contribution in [2.75, 3.05) is 18.0 Å². The van der Waals surface area contributed by atoms with E-state index in [1.807, 2.05) is 24.8 Å². The van der Waals surface area contributed by atoms with E-state index in [0.717, 1.165) is 36.8 Å². The number of nitrogens with zero attached hydrogens (tertiary/aromatic N) is 4. The first-order valence-electron chi connectivity index (χ1n) is 7.56. The highest BCUT2D eigenvalue weighted by atomic mass is 32.1. The predicted molar refractivity (Wildman–Crippen MR) is 83.3 cm³/mol. The Bertz CT molecular complexity index is 696. The zero-order valence-corrected chi connectivity index (χ0v) is 13.5. The predicted octanol–water partition coefficient (Wildman–Crippen LogP) is 2.24. The highest BCUT2D eigenvalue weighted by molar-refractivity contribution is 7.13. The Balaban J connectivity index is 1.56. The zero-order chi connectivity index (χ0) is 15.3. The molecule has 0 bridgehead atoms. The Hall–Kier alpha value is -1.89. The number of hydrogen-bond donors (Lipinski definition) is 0. The molecular weight excluding hydrogens is 300 g/mol. The van der Waals surface area contributed by atoms with Crippen molar-refractivity contribution in [1.29, 1.82) is 0 Å². The number of fused-ring (bicyclic) bond motifs is 1. The Morgan fingerprint density at radius 3 is 2.82 bits per heavy atom. The molecule has 0 aliphatic carbocycles. The molecule has 6 nitrogen and oxygen atoms in total. The molecule has 7 heteroatoms. The summed E-state index contributed by atoms with van der Waals surface area (Å²) in [5.41, 5.74) is 2.46. The number of aromatic nitrogens is 2. The van der Waals surface area contributed by atoms with Gasteiger partial charge in [-0.05, 0) is 32.8 Å². The van der Waals surface area contributed by atoms with Crippen LogP contribution in [0.3, 0.4) is 0 Å². The van der Waals surface area contributed by atoms with E-state index in [0.29, 0.717) is 17.4 Å². The minimum atomic E-state index is 0.0981. The van der Waals surface area contributed by atoms with E-state index in [2.05, 4.69) is 15.1 Å². The Kier molecular flexibility index (Phi) is 3.18. The number of hydrogen-bond acceptors (Lipinski definition) is 6. The van der Waals surface area contributed by atoms with Gasteiger partial charge in [0.15, 0.2) is 0 Å². The fourth-order valence-corrected chi connectivity index (χ4v) is 4.41. The van der Waals surface area contributed by atoms with Crippen LogP contribution in [0.5, 0.6) is 0 Å². The van der Waals surface area contributed by atoms with Gasteiger partial charge in [0, 0.05) is 13.1 Å². The molecule has 0 unspecified atom stereocenters. The van der Waals surface area contributed by atoms with Crippen LogP contribution in [0.1, 0.15) is 34.7 Å². The van der Waals surface area contributed by atoms with Crippen LogP contribution in [0.25, 0.3) is 0 Å². The van der Waals surface area contributed by atoms with Crippen LogP contribution in [0.2, 0.25) is 0 Å². The van der Waals surface area contributed by atoms with Gasteiger partial charge in [-0.2, -0.15) is 0 Å². The summed E-state index contributed by atoms with van der Waals surface area (Å²) < 4.78 is 5.51. The average Bonchev–Trinajstić information content (AvgIpc) is 3.20. The van der Waals surface area contributed by atoms with Crippen molar-refractivity contribution in [2.24, 2.45) is 0 Å². The van der Waals surface area contributed by atoms with Crippen molar-refractivity contribution in [1.82, 2.24) is 15.1 Å². The highest BCUT2D eigenvalue weighted by Gasteiger charge is 2.45. The molecule has 2 fully saturated rings. The molecule has 2 atom stereocenters. The van der Waals surface area contributed by atoms with E-state index in [4.69, 9.17) is 4.42 Å². The van der Waals surface area contributed by atoms with Gasteiger partial charge in [-0.25, -0.2) is 0 Å². The van der Waals surface area contributed by atoms with Gasteiger partial charge in [-0.1, -0.05) is 11.3 Å². The number of carbonyl (C=O) groups excluding carboxylic acids is 1. The average molecular weight is 318 g/mol. The molecule has 0 N–H and O–H groups in total. The SMILES string of the molecule is Cc1cc(C(=O)N2CC[C@H]3[C@@H]2CCN3c2nncs2)c(C)o1. The largest absolute Gasteiger partial charge is 0.466 e. The third-order valence-electron chi connectivity index (χ3n) is 4.70. The van der Waals surface area contributed by atoms with E-state index in [1.165, 1.54) is 0 Å². The maximum Gasteiger partial charge on any atom is 0.257 e. The number of furan rings is 1. The Morgan fingerprint density at radius 2 is 2.14 bits per heavy atom. The molecule has 4 rings (SSSR count). The van der Waals surface area contributed by atoms with Gasteiger partial charge in [0.1, 0.15) is 17.0 Å². The third-order valence-corrected chi connectivity index (χ3v) is 5.43. The van der Waals surface area contributed by atoms with E-state index >= 15 is 0 Å². The number of carbonyl (C=O) groups is 1. The topological polar surface area (TPSA) is 62.5 Å². The van der Waals surface area contributed by atoms with Crippen LogP contribution in [-0.2, 0) is 0 Å². The van der Waals surface area contributed by atoms with Crippen molar-refractivity contribution >= 4 is 22.4 Å². The maximum atomic E-state index is 12.8. The minimum absolute atomic E-state index is 0.0981. The number of anilines is 1. The van der Waals surface area contributed by atoms with Gasteiger partial charge >= 0.3 is 0 Å². The molecule has 1 amide bonds. The highest BCUT2D eigenvalue weighted by Crippen LogP contribution is 2.36. The molecule has 2 saturated heterocycles. The summed E-state index contributed by atoms with van der Waals surface area (Å²) >= 11 is 1.57. The molecule has 0 saturated carbocycles. The Labute approximate surface area is 132 Å². The van der Waals surface area contributed by atoms with Crippen molar-refractivity contribution in [3.05, 3.63) is 28.7 Å². The second kappa shape index (κ2) is 5.08. The lowest BCUT2D eigenvalue weighted by molar-refractivity contribution is 0.0736. The summed E-state index contributed by atoms with van der Waals surface area (Å²) in [5, 5.41) is 9.08. The van der Waals surface area contributed by atoms with Gasteiger partial charge in [-0.3, -0.25) is 4.79 Å². The third kappa shape index (κ3) is 2.03. The molecule has 0 spiro atoms. The van der Waals surface area contributed by atoms with Gasteiger partial charge in [-0.15, -0.1) is 10.2 Å². The fraction of sp³-hybridized carbons (Fsp3) is 0.533. The normalized spacial score (nSPS) is 24.1. The summed E-state index contributed by atoms with van der Waals surface area (Å²) in [4.78, 5) is 17.2. The summed E-state index contributed by atoms with van der Waals surface area (Å²) in [5.74, 6) is 1.60. The number of likely N-dealkylation sites (tertiary alicyclic amines) is 1. The van der Waals surface area contributed by atoms with Crippen molar-refractivity contribution in [3.63, 3.8) is 0 Å². The maximum absolute atomic E-state index is 12.8.